The lowest BCUT2D eigenvalue weighted by Gasteiger charge is -2.10. The van der Waals surface area contributed by atoms with Crippen molar-refractivity contribution in [3.05, 3.63) is 22.8 Å². The van der Waals surface area contributed by atoms with Crippen molar-refractivity contribution in [3.63, 3.8) is 0 Å². The van der Waals surface area contributed by atoms with Gasteiger partial charge in [0.05, 0.1) is 15.8 Å². The standard InChI is InChI=1S/C11H9ClF3N5O2S/c1-4(8(21)17-9(16)22)23-10-19-18-7-6(12)2-5(3-20(7)10)11(13,14)15/h2-4H,1H3,(H3,16,17,21,22). The number of carbonyl (C=O) groups excluding carboxylic acids is 2. The third-order valence-electron chi connectivity index (χ3n) is 2.65. The van der Waals surface area contributed by atoms with Gasteiger partial charge in [0.25, 0.3) is 0 Å². The Hall–Kier alpha value is -2.01. The molecule has 0 aliphatic carbocycles. The molecule has 0 radical (unpaired) electrons. The number of thioether (sulfide) groups is 1. The minimum atomic E-state index is -4.60. The number of nitrogens with two attached hydrogens (primary N) is 1. The van der Waals surface area contributed by atoms with Crippen LogP contribution in [-0.2, 0) is 11.0 Å². The zero-order valence-corrected chi connectivity index (χ0v) is 13.0. The predicted molar refractivity (Wildman–Crippen MR) is 76.0 cm³/mol. The Morgan fingerprint density at radius 1 is 1.43 bits per heavy atom. The van der Waals surface area contributed by atoms with Crippen LogP contribution in [0.2, 0.25) is 5.02 Å². The van der Waals surface area contributed by atoms with E-state index >= 15 is 0 Å². The number of aromatic nitrogens is 3. The monoisotopic (exact) mass is 367 g/mol. The third-order valence-corrected chi connectivity index (χ3v) is 3.99. The van der Waals surface area contributed by atoms with Crippen LogP contribution in [0.15, 0.2) is 17.4 Å². The van der Waals surface area contributed by atoms with Gasteiger partial charge in [-0.1, -0.05) is 23.4 Å². The Morgan fingerprint density at radius 2 is 2.09 bits per heavy atom. The molecule has 3 N–H and O–H groups in total. The smallest absolute Gasteiger partial charge is 0.351 e. The van der Waals surface area contributed by atoms with Gasteiger partial charge in [0.15, 0.2) is 10.8 Å². The maximum Gasteiger partial charge on any atom is 0.417 e. The zero-order valence-electron chi connectivity index (χ0n) is 11.4. The minimum absolute atomic E-state index is 0.0140. The summed E-state index contributed by atoms with van der Waals surface area (Å²) in [5, 5.41) is 8.20. The number of hydrogen-bond donors (Lipinski definition) is 2. The van der Waals surface area contributed by atoms with Crippen LogP contribution in [0.25, 0.3) is 5.65 Å². The van der Waals surface area contributed by atoms with Crippen LogP contribution in [0.1, 0.15) is 12.5 Å². The van der Waals surface area contributed by atoms with Crippen molar-refractivity contribution in [1.29, 1.82) is 0 Å². The van der Waals surface area contributed by atoms with Crippen LogP contribution in [0.5, 0.6) is 0 Å². The van der Waals surface area contributed by atoms with E-state index in [-0.39, 0.29) is 15.8 Å². The first kappa shape index (κ1) is 17.3. The molecule has 0 spiro atoms. The van der Waals surface area contributed by atoms with Gasteiger partial charge >= 0.3 is 12.2 Å². The fourth-order valence-electron chi connectivity index (χ4n) is 1.60. The second kappa shape index (κ2) is 6.24. The first-order valence-corrected chi connectivity index (χ1v) is 7.23. The van der Waals surface area contributed by atoms with E-state index in [1.165, 1.54) is 6.92 Å². The van der Waals surface area contributed by atoms with Crippen molar-refractivity contribution in [2.24, 2.45) is 5.73 Å². The lowest BCUT2D eigenvalue weighted by Crippen LogP contribution is -2.39. The molecule has 2 rings (SSSR count). The molecule has 0 aromatic carbocycles. The number of amides is 3. The van der Waals surface area contributed by atoms with Crippen molar-refractivity contribution in [2.75, 3.05) is 0 Å². The molecule has 124 valence electrons. The van der Waals surface area contributed by atoms with Crippen LogP contribution in [-0.4, -0.2) is 31.8 Å². The number of hydrogen-bond acceptors (Lipinski definition) is 5. The first-order chi connectivity index (χ1) is 10.6. The molecule has 1 unspecified atom stereocenters. The molecule has 2 aromatic rings. The molecule has 0 aliphatic rings. The van der Waals surface area contributed by atoms with E-state index < -0.39 is 28.9 Å². The summed E-state index contributed by atoms with van der Waals surface area (Å²) in [4.78, 5) is 22.2. The van der Waals surface area contributed by atoms with E-state index in [4.69, 9.17) is 17.3 Å². The third kappa shape index (κ3) is 3.85. The van der Waals surface area contributed by atoms with E-state index in [0.29, 0.717) is 0 Å². The van der Waals surface area contributed by atoms with Crippen molar-refractivity contribution in [3.8, 4) is 0 Å². The molecular weight excluding hydrogens is 359 g/mol. The Labute approximate surface area is 136 Å². The summed E-state index contributed by atoms with van der Waals surface area (Å²) in [6.07, 6.45) is -3.82. The number of halogens is 4. The van der Waals surface area contributed by atoms with Gasteiger partial charge in [-0.2, -0.15) is 13.2 Å². The first-order valence-electron chi connectivity index (χ1n) is 5.98. The Bertz CT molecular complexity index is 779. The van der Waals surface area contributed by atoms with Gasteiger partial charge in [0.2, 0.25) is 5.91 Å². The summed E-state index contributed by atoms with van der Waals surface area (Å²) >= 11 is 6.58. The SMILES string of the molecule is CC(Sc1nnc2c(Cl)cc(C(F)(F)F)cn12)C(=O)NC(N)=O. The molecule has 7 nitrogen and oxygen atoms in total. The van der Waals surface area contributed by atoms with Crippen molar-refractivity contribution in [1.82, 2.24) is 19.9 Å². The van der Waals surface area contributed by atoms with Gasteiger partial charge < -0.3 is 5.73 Å². The summed E-state index contributed by atoms with van der Waals surface area (Å²) in [5.74, 6) is -0.711. The maximum atomic E-state index is 12.8. The highest BCUT2D eigenvalue weighted by atomic mass is 35.5. The molecule has 0 aliphatic heterocycles. The van der Waals surface area contributed by atoms with E-state index in [0.717, 1.165) is 28.4 Å². The number of nitrogens with one attached hydrogen (secondary N) is 1. The molecular formula is C11H9ClF3N5O2S. The van der Waals surface area contributed by atoms with Gasteiger partial charge in [0.1, 0.15) is 0 Å². The number of urea groups is 1. The van der Waals surface area contributed by atoms with E-state index in [1.807, 2.05) is 5.32 Å². The van der Waals surface area contributed by atoms with Crippen molar-refractivity contribution < 1.29 is 22.8 Å². The molecule has 3 amide bonds. The lowest BCUT2D eigenvalue weighted by atomic mass is 10.3. The average Bonchev–Trinajstić information content (AvgIpc) is 2.80. The largest absolute Gasteiger partial charge is 0.417 e. The van der Waals surface area contributed by atoms with E-state index in [9.17, 15) is 22.8 Å². The summed E-state index contributed by atoms with van der Waals surface area (Å²) in [5.41, 5.74) is 3.86. The van der Waals surface area contributed by atoms with Crippen LogP contribution in [0.3, 0.4) is 0 Å². The number of alkyl halides is 3. The fourth-order valence-corrected chi connectivity index (χ4v) is 2.67. The highest BCUT2D eigenvalue weighted by Gasteiger charge is 2.32. The number of primary amides is 1. The molecule has 0 bridgehead atoms. The molecule has 0 fully saturated rings. The molecule has 12 heteroatoms. The van der Waals surface area contributed by atoms with E-state index in [2.05, 4.69) is 10.2 Å². The molecule has 0 saturated heterocycles. The lowest BCUT2D eigenvalue weighted by molar-refractivity contribution is -0.137. The van der Waals surface area contributed by atoms with Crippen LogP contribution in [0.4, 0.5) is 18.0 Å². The number of pyridine rings is 1. The number of carbonyl (C=O) groups is 2. The van der Waals surface area contributed by atoms with Crippen LogP contribution >= 0.6 is 23.4 Å². The molecule has 1 atom stereocenters. The topological polar surface area (TPSA) is 102 Å². The van der Waals surface area contributed by atoms with Crippen LogP contribution in [0, 0.1) is 0 Å². The number of nitrogens with zero attached hydrogens (tertiary/aromatic N) is 3. The number of imide groups is 1. The van der Waals surface area contributed by atoms with Gasteiger partial charge in [0, 0.05) is 6.20 Å². The normalized spacial score (nSPS) is 13.1. The Balaban J connectivity index is 2.37. The van der Waals surface area contributed by atoms with E-state index in [1.54, 1.807) is 0 Å². The van der Waals surface area contributed by atoms with Crippen molar-refractivity contribution >= 4 is 40.9 Å². The molecule has 2 aromatic heterocycles. The summed E-state index contributed by atoms with van der Waals surface area (Å²) in [7, 11) is 0. The summed E-state index contributed by atoms with van der Waals surface area (Å²) in [6.45, 7) is 1.43. The highest BCUT2D eigenvalue weighted by molar-refractivity contribution is 8.00. The van der Waals surface area contributed by atoms with Gasteiger partial charge in [-0.15, -0.1) is 10.2 Å². The van der Waals surface area contributed by atoms with Gasteiger partial charge in [-0.05, 0) is 13.0 Å². The predicted octanol–water partition coefficient (Wildman–Crippen LogP) is 2.08. The maximum absolute atomic E-state index is 12.8. The summed E-state index contributed by atoms with van der Waals surface area (Å²) in [6, 6.07) is -0.292. The quantitative estimate of drug-likeness (QED) is 0.808. The Morgan fingerprint density at radius 3 is 2.65 bits per heavy atom. The number of rotatable bonds is 3. The second-order valence-electron chi connectivity index (χ2n) is 4.36. The Kier molecular flexibility index (Phi) is 4.71. The molecule has 23 heavy (non-hydrogen) atoms. The average molecular weight is 368 g/mol. The zero-order chi connectivity index (χ0) is 17.4. The minimum Gasteiger partial charge on any atom is -0.351 e. The molecule has 2 heterocycles. The van der Waals surface area contributed by atoms with Gasteiger partial charge in [-0.25, -0.2) is 4.79 Å². The second-order valence-corrected chi connectivity index (χ2v) is 6.08. The molecule has 0 saturated carbocycles. The van der Waals surface area contributed by atoms with Crippen LogP contribution < -0.4 is 11.1 Å². The highest BCUT2D eigenvalue weighted by Crippen LogP contribution is 2.33. The summed E-state index contributed by atoms with van der Waals surface area (Å²) < 4.78 is 39.5. The van der Waals surface area contributed by atoms with Gasteiger partial charge in [-0.3, -0.25) is 14.5 Å². The van der Waals surface area contributed by atoms with Crippen molar-refractivity contribution in [2.45, 2.75) is 23.5 Å². The number of fused-ring (bicyclic) bond motifs is 1. The fraction of sp³-hybridized carbons (Fsp3) is 0.273.